The Bertz CT molecular complexity index is 355. The van der Waals surface area contributed by atoms with Gasteiger partial charge >= 0.3 is 11.9 Å². The fourth-order valence-corrected chi connectivity index (χ4v) is 1.16. The van der Waals surface area contributed by atoms with E-state index >= 15 is 0 Å². The van der Waals surface area contributed by atoms with Gasteiger partial charge in [-0.3, -0.25) is 0 Å². The van der Waals surface area contributed by atoms with E-state index in [-0.39, 0.29) is 11.3 Å². The van der Waals surface area contributed by atoms with Crippen molar-refractivity contribution < 1.29 is 14.1 Å². The predicted molar refractivity (Wildman–Crippen MR) is 46.8 cm³/mol. The topological polar surface area (TPSA) is 65.2 Å². The maximum absolute atomic E-state index is 11.2. The van der Waals surface area contributed by atoms with E-state index in [0.29, 0.717) is 12.4 Å². The largest absolute Gasteiger partial charge is 0.459 e. The van der Waals surface area contributed by atoms with Crippen molar-refractivity contribution in [1.82, 2.24) is 10.1 Å². The summed E-state index contributed by atoms with van der Waals surface area (Å²) < 4.78 is 9.55. The van der Waals surface area contributed by atoms with Gasteiger partial charge in [-0.1, -0.05) is 12.1 Å². The van der Waals surface area contributed by atoms with Gasteiger partial charge in [0, 0.05) is 5.41 Å². The summed E-state index contributed by atoms with van der Waals surface area (Å²) in [5, 5.41) is 3.77. The lowest BCUT2D eigenvalue weighted by Gasteiger charge is -1.97. The fraction of sp³-hybridized carbons (Fsp3) is 0.667. The first kappa shape index (κ1) is 9.18. The molecule has 0 amide bonds. The normalized spacial score (nSPS) is 17.9. The van der Waals surface area contributed by atoms with Crippen molar-refractivity contribution in [1.29, 1.82) is 0 Å². The summed E-state index contributed by atoms with van der Waals surface area (Å²) in [5.41, 5.74) is 0.0221. The van der Waals surface area contributed by atoms with Gasteiger partial charge in [-0.05, 0) is 19.8 Å². The maximum Gasteiger partial charge on any atom is 0.397 e. The SMILES string of the molecule is CCOC(=O)c1nc(C2(C)CC2)no1. The number of aromatic nitrogens is 2. The minimum absolute atomic E-state index is 0.0221. The van der Waals surface area contributed by atoms with Gasteiger partial charge in [-0.25, -0.2) is 4.79 Å². The van der Waals surface area contributed by atoms with E-state index in [1.165, 1.54) is 0 Å². The summed E-state index contributed by atoms with van der Waals surface area (Å²) >= 11 is 0. The molecular formula is C9H12N2O3. The van der Waals surface area contributed by atoms with Crippen LogP contribution in [0.2, 0.25) is 0 Å². The van der Waals surface area contributed by atoms with Crippen molar-refractivity contribution in [2.75, 3.05) is 6.61 Å². The molecule has 1 heterocycles. The summed E-state index contributed by atoms with van der Waals surface area (Å²) in [6, 6.07) is 0. The summed E-state index contributed by atoms with van der Waals surface area (Å²) in [6.45, 7) is 4.10. The molecule has 1 saturated carbocycles. The monoisotopic (exact) mass is 196 g/mol. The smallest absolute Gasteiger partial charge is 0.397 e. The highest BCUT2D eigenvalue weighted by atomic mass is 16.6. The Morgan fingerprint density at radius 2 is 2.36 bits per heavy atom. The van der Waals surface area contributed by atoms with Crippen LogP contribution in [-0.2, 0) is 10.2 Å². The molecule has 14 heavy (non-hydrogen) atoms. The van der Waals surface area contributed by atoms with Crippen LogP contribution in [0.5, 0.6) is 0 Å². The van der Waals surface area contributed by atoms with Crippen LogP contribution in [0.15, 0.2) is 4.52 Å². The highest BCUT2D eigenvalue weighted by Gasteiger charge is 2.44. The molecule has 1 aromatic rings. The quantitative estimate of drug-likeness (QED) is 0.681. The van der Waals surface area contributed by atoms with E-state index in [0.717, 1.165) is 12.8 Å². The summed E-state index contributed by atoms with van der Waals surface area (Å²) in [5.74, 6) is 0.0195. The first-order chi connectivity index (χ1) is 6.65. The zero-order valence-corrected chi connectivity index (χ0v) is 8.24. The molecule has 1 aromatic heterocycles. The number of ether oxygens (including phenoxy) is 1. The van der Waals surface area contributed by atoms with Crippen LogP contribution in [0.3, 0.4) is 0 Å². The van der Waals surface area contributed by atoms with Gasteiger partial charge < -0.3 is 9.26 Å². The number of hydrogen-bond acceptors (Lipinski definition) is 5. The van der Waals surface area contributed by atoms with Crippen LogP contribution in [0.25, 0.3) is 0 Å². The Morgan fingerprint density at radius 3 is 2.93 bits per heavy atom. The highest BCUT2D eigenvalue weighted by Crippen LogP contribution is 2.45. The van der Waals surface area contributed by atoms with Gasteiger partial charge in [-0.15, -0.1) is 0 Å². The Morgan fingerprint density at radius 1 is 1.64 bits per heavy atom. The Hall–Kier alpha value is -1.39. The van der Waals surface area contributed by atoms with E-state index < -0.39 is 5.97 Å². The molecule has 0 aliphatic heterocycles. The molecule has 0 unspecified atom stereocenters. The molecule has 1 aliphatic rings. The van der Waals surface area contributed by atoms with Crippen molar-refractivity contribution in [3.63, 3.8) is 0 Å². The summed E-state index contributed by atoms with van der Waals surface area (Å²) in [7, 11) is 0. The second-order valence-corrected chi connectivity index (χ2v) is 3.70. The fourth-order valence-electron chi connectivity index (χ4n) is 1.16. The molecule has 0 aromatic carbocycles. The Kier molecular flexibility index (Phi) is 2.02. The van der Waals surface area contributed by atoms with Crippen molar-refractivity contribution in [2.45, 2.75) is 32.1 Å². The Labute approximate surface area is 81.4 Å². The Balaban J connectivity index is 2.13. The third kappa shape index (κ3) is 1.49. The van der Waals surface area contributed by atoms with E-state index in [2.05, 4.69) is 10.1 Å². The number of carbonyl (C=O) groups is 1. The van der Waals surface area contributed by atoms with Gasteiger partial charge in [-0.2, -0.15) is 4.98 Å². The standard InChI is InChI=1S/C9H12N2O3/c1-3-13-7(12)6-10-8(11-14-6)9(2)4-5-9/h3-5H2,1-2H3. The third-order valence-corrected chi connectivity index (χ3v) is 2.42. The molecule has 5 heteroatoms. The molecule has 1 fully saturated rings. The van der Waals surface area contributed by atoms with Gasteiger partial charge in [0.2, 0.25) is 0 Å². The van der Waals surface area contributed by atoms with Crippen LogP contribution >= 0.6 is 0 Å². The summed E-state index contributed by atoms with van der Waals surface area (Å²) in [6.07, 6.45) is 2.10. The lowest BCUT2D eigenvalue weighted by atomic mass is 10.1. The molecule has 5 nitrogen and oxygen atoms in total. The molecule has 0 bridgehead atoms. The zero-order valence-electron chi connectivity index (χ0n) is 8.24. The van der Waals surface area contributed by atoms with E-state index in [1.807, 2.05) is 6.92 Å². The first-order valence-electron chi connectivity index (χ1n) is 4.67. The van der Waals surface area contributed by atoms with Gasteiger partial charge in [0.15, 0.2) is 5.82 Å². The zero-order chi connectivity index (χ0) is 10.2. The lowest BCUT2D eigenvalue weighted by Crippen LogP contribution is -2.07. The minimum atomic E-state index is -0.546. The van der Waals surface area contributed by atoms with E-state index in [4.69, 9.17) is 9.26 Å². The van der Waals surface area contributed by atoms with Crippen LogP contribution in [0, 0.1) is 0 Å². The molecular weight excluding hydrogens is 184 g/mol. The van der Waals surface area contributed by atoms with E-state index in [9.17, 15) is 4.79 Å². The molecule has 0 saturated heterocycles. The average molecular weight is 196 g/mol. The number of nitrogens with zero attached hydrogens (tertiary/aromatic N) is 2. The molecule has 1 aliphatic carbocycles. The molecule has 2 rings (SSSR count). The highest BCUT2D eigenvalue weighted by molar-refractivity contribution is 5.84. The molecule has 76 valence electrons. The predicted octanol–water partition coefficient (Wildman–Crippen LogP) is 1.30. The second-order valence-electron chi connectivity index (χ2n) is 3.70. The number of hydrogen-bond donors (Lipinski definition) is 0. The van der Waals surface area contributed by atoms with Crippen molar-refractivity contribution >= 4 is 5.97 Å². The molecule has 0 N–H and O–H groups in total. The number of esters is 1. The van der Waals surface area contributed by atoms with Gasteiger partial charge in [0.25, 0.3) is 0 Å². The first-order valence-corrected chi connectivity index (χ1v) is 4.67. The van der Waals surface area contributed by atoms with Crippen molar-refractivity contribution in [3.05, 3.63) is 11.7 Å². The minimum Gasteiger partial charge on any atom is -0.459 e. The molecule has 0 radical (unpaired) electrons. The number of carbonyl (C=O) groups excluding carboxylic acids is 1. The third-order valence-electron chi connectivity index (χ3n) is 2.42. The van der Waals surface area contributed by atoms with Gasteiger partial charge in [0.05, 0.1) is 6.61 Å². The van der Waals surface area contributed by atoms with Crippen LogP contribution < -0.4 is 0 Å². The lowest BCUT2D eigenvalue weighted by molar-refractivity contribution is 0.0470. The number of rotatable bonds is 3. The van der Waals surface area contributed by atoms with Crippen molar-refractivity contribution in [2.24, 2.45) is 0 Å². The summed E-state index contributed by atoms with van der Waals surface area (Å²) in [4.78, 5) is 15.2. The van der Waals surface area contributed by atoms with Gasteiger partial charge in [0.1, 0.15) is 0 Å². The molecule has 0 spiro atoms. The molecule has 0 atom stereocenters. The van der Waals surface area contributed by atoms with Crippen LogP contribution in [0.1, 0.15) is 43.2 Å². The van der Waals surface area contributed by atoms with E-state index in [1.54, 1.807) is 6.92 Å². The maximum atomic E-state index is 11.2. The van der Waals surface area contributed by atoms with Crippen molar-refractivity contribution in [3.8, 4) is 0 Å². The second kappa shape index (κ2) is 3.08. The van der Waals surface area contributed by atoms with Crippen LogP contribution in [0.4, 0.5) is 0 Å². The average Bonchev–Trinajstić information content (AvgIpc) is 2.72. The van der Waals surface area contributed by atoms with Crippen LogP contribution in [-0.4, -0.2) is 22.7 Å².